The zero-order valence-electron chi connectivity index (χ0n) is 15.3. The van der Waals surface area contributed by atoms with Gasteiger partial charge < -0.3 is 15.5 Å². The molecule has 5 heteroatoms. The van der Waals surface area contributed by atoms with Crippen LogP contribution >= 0.6 is 0 Å². The Bertz CT molecular complexity index is 637. The highest BCUT2D eigenvalue weighted by molar-refractivity contribution is 5.64. The molecule has 0 atom stereocenters. The fourth-order valence-electron chi connectivity index (χ4n) is 2.60. The predicted molar refractivity (Wildman–Crippen MR) is 103 cm³/mol. The second-order valence-electron chi connectivity index (χ2n) is 5.84. The van der Waals surface area contributed by atoms with Gasteiger partial charge in [-0.15, -0.1) is 0 Å². The number of benzene rings is 1. The highest BCUT2D eigenvalue weighted by Gasteiger charge is 2.06. The highest BCUT2D eigenvalue weighted by atomic mass is 15.1. The Balaban J connectivity index is 2.09. The van der Waals surface area contributed by atoms with Gasteiger partial charge in [-0.3, -0.25) is 0 Å². The summed E-state index contributed by atoms with van der Waals surface area (Å²) in [6, 6.07) is 8.35. The second kappa shape index (κ2) is 9.11. The minimum atomic E-state index is 0.621. The van der Waals surface area contributed by atoms with Crippen molar-refractivity contribution >= 4 is 23.1 Å². The minimum absolute atomic E-state index is 0.621. The molecular formula is C19H29N5. The van der Waals surface area contributed by atoms with Crippen LogP contribution in [-0.4, -0.2) is 29.6 Å². The fraction of sp³-hybridized carbons (Fsp3) is 0.474. The SMILES string of the molecule is CCCCNc1ccnc(Nc2ccc(N(CC)CC)cc2C)n1. The lowest BCUT2D eigenvalue weighted by molar-refractivity contribution is 0.830. The number of nitrogens with zero attached hydrogens (tertiary/aromatic N) is 3. The van der Waals surface area contributed by atoms with Crippen LogP contribution in [0.4, 0.5) is 23.1 Å². The summed E-state index contributed by atoms with van der Waals surface area (Å²) >= 11 is 0. The van der Waals surface area contributed by atoms with E-state index in [0.29, 0.717) is 5.95 Å². The van der Waals surface area contributed by atoms with Crippen molar-refractivity contribution in [1.29, 1.82) is 0 Å². The summed E-state index contributed by atoms with van der Waals surface area (Å²) < 4.78 is 0. The standard InChI is InChI=1S/C19H29N5/c1-5-8-12-20-18-11-13-21-19(23-18)22-17-10-9-16(14-15(17)4)24(6-2)7-3/h9-11,13-14H,5-8,12H2,1-4H3,(H2,20,21,22,23). The summed E-state index contributed by atoms with van der Waals surface area (Å²) in [6.07, 6.45) is 4.09. The Morgan fingerprint density at radius 2 is 1.88 bits per heavy atom. The Morgan fingerprint density at radius 3 is 2.54 bits per heavy atom. The maximum atomic E-state index is 4.53. The summed E-state index contributed by atoms with van der Waals surface area (Å²) in [5, 5.41) is 6.65. The Labute approximate surface area is 145 Å². The van der Waals surface area contributed by atoms with Crippen LogP contribution in [0.1, 0.15) is 39.2 Å². The highest BCUT2D eigenvalue weighted by Crippen LogP contribution is 2.24. The smallest absolute Gasteiger partial charge is 0.229 e. The van der Waals surface area contributed by atoms with Gasteiger partial charge >= 0.3 is 0 Å². The van der Waals surface area contributed by atoms with E-state index >= 15 is 0 Å². The van der Waals surface area contributed by atoms with Crippen LogP contribution in [0.2, 0.25) is 0 Å². The number of hydrogen-bond acceptors (Lipinski definition) is 5. The minimum Gasteiger partial charge on any atom is -0.372 e. The van der Waals surface area contributed by atoms with Gasteiger partial charge in [0, 0.05) is 37.2 Å². The molecule has 2 N–H and O–H groups in total. The number of anilines is 4. The molecule has 0 saturated carbocycles. The molecular weight excluding hydrogens is 298 g/mol. The molecule has 2 rings (SSSR count). The van der Waals surface area contributed by atoms with Gasteiger partial charge in [0.15, 0.2) is 0 Å². The monoisotopic (exact) mass is 327 g/mol. The normalized spacial score (nSPS) is 10.5. The molecule has 0 unspecified atom stereocenters. The maximum Gasteiger partial charge on any atom is 0.229 e. The van der Waals surface area contributed by atoms with Crippen molar-refractivity contribution in [3.05, 3.63) is 36.0 Å². The molecule has 0 aliphatic rings. The third-order valence-electron chi connectivity index (χ3n) is 4.08. The maximum absolute atomic E-state index is 4.53. The molecule has 0 aliphatic carbocycles. The summed E-state index contributed by atoms with van der Waals surface area (Å²) in [6.45, 7) is 11.6. The van der Waals surface area contributed by atoms with Crippen molar-refractivity contribution in [2.75, 3.05) is 35.2 Å². The van der Waals surface area contributed by atoms with E-state index < -0.39 is 0 Å². The first kappa shape index (κ1) is 18.0. The van der Waals surface area contributed by atoms with Gasteiger partial charge in [-0.1, -0.05) is 13.3 Å². The Hall–Kier alpha value is -2.30. The molecule has 5 nitrogen and oxygen atoms in total. The van der Waals surface area contributed by atoms with Crippen molar-refractivity contribution in [1.82, 2.24) is 9.97 Å². The van der Waals surface area contributed by atoms with E-state index in [2.05, 4.69) is 71.4 Å². The van der Waals surface area contributed by atoms with Crippen LogP contribution < -0.4 is 15.5 Å². The van der Waals surface area contributed by atoms with Crippen LogP contribution in [0.5, 0.6) is 0 Å². The first-order chi connectivity index (χ1) is 11.7. The molecule has 1 aromatic heterocycles. The van der Waals surface area contributed by atoms with Gasteiger partial charge in [0.2, 0.25) is 5.95 Å². The van der Waals surface area contributed by atoms with Gasteiger partial charge in [0.1, 0.15) is 5.82 Å². The number of nitrogens with one attached hydrogen (secondary N) is 2. The molecule has 1 heterocycles. The van der Waals surface area contributed by atoms with Crippen LogP contribution in [0.3, 0.4) is 0 Å². The third-order valence-corrected chi connectivity index (χ3v) is 4.08. The molecule has 24 heavy (non-hydrogen) atoms. The van der Waals surface area contributed by atoms with Crippen LogP contribution in [0, 0.1) is 6.92 Å². The van der Waals surface area contributed by atoms with Gasteiger partial charge in [-0.05, 0) is 57.0 Å². The summed E-state index contributed by atoms with van der Waals surface area (Å²) in [4.78, 5) is 11.2. The predicted octanol–water partition coefficient (Wildman–Crippen LogP) is 4.59. The second-order valence-corrected chi connectivity index (χ2v) is 5.84. The van der Waals surface area contributed by atoms with Crippen LogP contribution in [-0.2, 0) is 0 Å². The fourth-order valence-corrected chi connectivity index (χ4v) is 2.60. The van der Waals surface area contributed by atoms with Crippen molar-refractivity contribution in [3.8, 4) is 0 Å². The number of rotatable bonds is 9. The van der Waals surface area contributed by atoms with E-state index in [0.717, 1.165) is 37.6 Å². The quantitative estimate of drug-likeness (QED) is 0.660. The van der Waals surface area contributed by atoms with Crippen molar-refractivity contribution in [2.45, 2.75) is 40.5 Å². The van der Waals surface area contributed by atoms with Gasteiger partial charge in [-0.25, -0.2) is 4.98 Å². The van der Waals surface area contributed by atoms with E-state index in [9.17, 15) is 0 Å². The molecule has 0 fully saturated rings. The molecule has 0 aliphatic heterocycles. The molecule has 2 aromatic rings. The molecule has 0 amide bonds. The van der Waals surface area contributed by atoms with Gasteiger partial charge in [-0.2, -0.15) is 4.98 Å². The summed E-state index contributed by atoms with van der Waals surface area (Å²) in [7, 11) is 0. The van der Waals surface area contributed by atoms with E-state index in [1.54, 1.807) is 6.20 Å². The molecule has 1 aromatic carbocycles. The molecule has 0 saturated heterocycles. The van der Waals surface area contributed by atoms with Gasteiger partial charge in [0.05, 0.1) is 0 Å². The zero-order chi connectivity index (χ0) is 17.4. The summed E-state index contributed by atoms with van der Waals surface area (Å²) in [5.74, 6) is 1.48. The van der Waals surface area contributed by atoms with Crippen molar-refractivity contribution in [2.24, 2.45) is 0 Å². The average molecular weight is 327 g/mol. The summed E-state index contributed by atoms with van der Waals surface area (Å²) in [5.41, 5.74) is 3.47. The van der Waals surface area contributed by atoms with Crippen LogP contribution in [0.15, 0.2) is 30.5 Å². The molecule has 0 bridgehead atoms. The number of aryl methyl sites for hydroxylation is 1. The molecule has 0 spiro atoms. The lowest BCUT2D eigenvalue weighted by Gasteiger charge is -2.22. The van der Waals surface area contributed by atoms with Gasteiger partial charge in [0.25, 0.3) is 0 Å². The number of hydrogen-bond donors (Lipinski definition) is 2. The van der Waals surface area contributed by atoms with Crippen molar-refractivity contribution in [3.63, 3.8) is 0 Å². The van der Waals surface area contributed by atoms with E-state index in [-0.39, 0.29) is 0 Å². The first-order valence-electron chi connectivity index (χ1n) is 8.87. The van der Waals surface area contributed by atoms with Crippen LogP contribution in [0.25, 0.3) is 0 Å². The lowest BCUT2D eigenvalue weighted by atomic mass is 10.1. The van der Waals surface area contributed by atoms with E-state index in [4.69, 9.17) is 0 Å². The van der Waals surface area contributed by atoms with E-state index in [1.807, 2.05) is 6.07 Å². The largest absolute Gasteiger partial charge is 0.372 e. The molecule has 130 valence electrons. The number of aromatic nitrogens is 2. The Morgan fingerprint density at radius 1 is 1.08 bits per heavy atom. The third kappa shape index (κ3) is 4.85. The average Bonchev–Trinajstić information content (AvgIpc) is 2.59. The molecule has 0 radical (unpaired) electrons. The lowest BCUT2D eigenvalue weighted by Crippen LogP contribution is -2.21. The van der Waals surface area contributed by atoms with Crippen molar-refractivity contribution < 1.29 is 0 Å². The zero-order valence-corrected chi connectivity index (χ0v) is 15.3. The van der Waals surface area contributed by atoms with E-state index in [1.165, 1.54) is 17.7 Å². The topological polar surface area (TPSA) is 53.1 Å². The number of unbranched alkanes of at least 4 members (excludes halogenated alkanes) is 1. The Kier molecular flexibility index (Phi) is 6.85. The first-order valence-corrected chi connectivity index (χ1v) is 8.87.